The summed E-state index contributed by atoms with van der Waals surface area (Å²) >= 11 is 6.15. The van der Waals surface area contributed by atoms with Crippen molar-refractivity contribution in [3.8, 4) is 5.69 Å². The van der Waals surface area contributed by atoms with Crippen LogP contribution in [0.3, 0.4) is 0 Å². The molecule has 108 valence electrons. The minimum absolute atomic E-state index is 0.173. The smallest absolute Gasteiger partial charge is 0.266 e. The van der Waals surface area contributed by atoms with Crippen molar-refractivity contribution in [2.45, 2.75) is 6.92 Å². The highest BCUT2D eigenvalue weighted by Crippen LogP contribution is 2.21. The van der Waals surface area contributed by atoms with Gasteiger partial charge in [-0.2, -0.15) is 14.6 Å². The van der Waals surface area contributed by atoms with Crippen LogP contribution in [-0.4, -0.2) is 24.1 Å². The van der Waals surface area contributed by atoms with Crippen LogP contribution in [0.1, 0.15) is 5.56 Å². The zero-order chi connectivity index (χ0) is 15.3. The number of hydrogen-bond donors (Lipinski definition) is 0. The zero-order valence-corrected chi connectivity index (χ0v) is 12.3. The molecule has 4 rings (SSSR count). The number of hydrogen-bond acceptors (Lipinski definition) is 4. The first-order valence-electron chi connectivity index (χ1n) is 6.62. The van der Waals surface area contributed by atoms with Crippen LogP contribution >= 0.6 is 11.6 Å². The Balaban J connectivity index is 2.08. The maximum Gasteiger partial charge on any atom is 0.266 e. The summed E-state index contributed by atoms with van der Waals surface area (Å²) in [6, 6.07) is 7.30. The van der Waals surface area contributed by atoms with Crippen molar-refractivity contribution in [2.75, 3.05) is 0 Å². The lowest BCUT2D eigenvalue weighted by atomic mass is 10.2. The van der Waals surface area contributed by atoms with Crippen LogP contribution in [0.15, 0.2) is 47.8 Å². The SMILES string of the molecule is Cc1c(Cl)cccc1-n1ccc2c(cnc3ncnn32)c1=O. The molecule has 0 saturated carbocycles. The summed E-state index contributed by atoms with van der Waals surface area (Å²) in [6.45, 7) is 1.88. The third-order valence-corrected chi connectivity index (χ3v) is 4.08. The maximum absolute atomic E-state index is 12.8. The molecule has 0 atom stereocenters. The van der Waals surface area contributed by atoms with Gasteiger partial charge < -0.3 is 0 Å². The molecule has 22 heavy (non-hydrogen) atoms. The van der Waals surface area contributed by atoms with Crippen molar-refractivity contribution >= 4 is 28.3 Å². The van der Waals surface area contributed by atoms with Gasteiger partial charge in [-0.3, -0.25) is 9.36 Å². The van der Waals surface area contributed by atoms with Gasteiger partial charge >= 0.3 is 0 Å². The Kier molecular flexibility index (Phi) is 2.74. The fourth-order valence-corrected chi connectivity index (χ4v) is 2.68. The first kappa shape index (κ1) is 13.0. The van der Waals surface area contributed by atoms with E-state index in [-0.39, 0.29) is 5.56 Å². The Hall–Kier alpha value is -2.73. The molecule has 0 unspecified atom stereocenters. The van der Waals surface area contributed by atoms with Crippen LogP contribution in [0.5, 0.6) is 0 Å². The van der Waals surface area contributed by atoms with E-state index in [0.29, 0.717) is 21.7 Å². The molecule has 4 aromatic rings. The van der Waals surface area contributed by atoms with Crippen LogP contribution in [0.2, 0.25) is 5.02 Å². The predicted octanol–water partition coefficient (Wildman–Crippen LogP) is 2.39. The number of pyridine rings is 1. The molecule has 0 bridgehead atoms. The number of rotatable bonds is 1. The molecule has 3 aromatic heterocycles. The Labute approximate surface area is 129 Å². The second-order valence-corrected chi connectivity index (χ2v) is 5.31. The highest BCUT2D eigenvalue weighted by atomic mass is 35.5. The minimum Gasteiger partial charge on any atom is -0.283 e. The van der Waals surface area contributed by atoms with E-state index in [0.717, 1.165) is 11.3 Å². The monoisotopic (exact) mass is 311 g/mol. The minimum atomic E-state index is -0.173. The highest BCUT2D eigenvalue weighted by Gasteiger charge is 2.11. The van der Waals surface area contributed by atoms with Crippen LogP contribution in [-0.2, 0) is 0 Å². The number of aromatic nitrogens is 5. The normalized spacial score (nSPS) is 11.4. The van der Waals surface area contributed by atoms with Gasteiger partial charge in [-0.1, -0.05) is 17.7 Å². The molecule has 6 nitrogen and oxygen atoms in total. The molecule has 0 radical (unpaired) electrons. The average molecular weight is 312 g/mol. The molecular weight excluding hydrogens is 302 g/mol. The predicted molar refractivity (Wildman–Crippen MR) is 83.6 cm³/mol. The number of benzene rings is 1. The summed E-state index contributed by atoms with van der Waals surface area (Å²) in [7, 11) is 0. The number of fused-ring (bicyclic) bond motifs is 3. The maximum atomic E-state index is 12.8. The highest BCUT2D eigenvalue weighted by molar-refractivity contribution is 6.31. The van der Waals surface area contributed by atoms with Crippen LogP contribution < -0.4 is 5.56 Å². The molecule has 0 aliphatic heterocycles. The van der Waals surface area contributed by atoms with E-state index in [1.54, 1.807) is 21.3 Å². The Morgan fingerprint density at radius 1 is 1.18 bits per heavy atom. The van der Waals surface area contributed by atoms with E-state index >= 15 is 0 Å². The first-order chi connectivity index (χ1) is 10.7. The molecule has 0 aliphatic rings. The summed E-state index contributed by atoms with van der Waals surface area (Å²) in [4.78, 5) is 21.0. The first-order valence-corrected chi connectivity index (χ1v) is 7.00. The second kappa shape index (κ2) is 4.64. The van der Waals surface area contributed by atoms with Gasteiger partial charge in [0.15, 0.2) is 0 Å². The molecule has 0 saturated heterocycles. The lowest BCUT2D eigenvalue weighted by Crippen LogP contribution is -2.19. The average Bonchev–Trinajstić information content (AvgIpc) is 3.00. The van der Waals surface area contributed by atoms with E-state index in [1.165, 1.54) is 12.5 Å². The van der Waals surface area contributed by atoms with Gasteiger partial charge in [0.05, 0.1) is 16.6 Å². The summed E-state index contributed by atoms with van der Waals surface area (Å²) < 4.78 is 3.11. The Bertz CT molecular complexity index is 1080. The molecule has 1 aromatic carbocycles. The molecule has 3 heterocycles. The molecule has 0 fully saturated rings. The van der Waals surface area contributed by atoms with E-state index in [1.807, 2.05) is 25.1 Å². The van der Waals surface area contributed by atoms with E-state index in [9.17, 15) is 4.79 Å². The van der Waals surface area contributed by atoms with Crippen LogP contribution in [0.4, 0.5) is 0 Å². The van der Waals surface area contributed by atoms with Gasteiger partial charge in [-0.15, -0.1) is 0 Å². The van der Waals surface area contributed by atoms with Crippen LogP contribution in [0.25, 0.3) is 22.4 Å². The molecule has 0 aliphatic carbocycles. The fourth-order valence-electron chi connectivity index (χ4n) is 2.51. The topological polar surface area (TPSA) is 65.1 Å². The third-order valence-electron chi connectivity index (χ3n) is 3.67. The van der Waals surface area contributed by atoms with Crippen molar-refractivity contribution in [1.29, 1.82) is 0 Å². The summed E-state index contributed by atoms with van der Waals surface area (Å²) in [5, 5.41) is 5.19. The lowest BCUT2D eigenvalue weighted by Gasteiger charge is -2.11. The van der Waals surface area contributed by atoms with E-state index in [4.69, 9.17) is 11.6 Å². The molecule has 0 N–H and O–H groups in total. The van der Waals surface area contributed by atoms with Gasteiger partial charge in [0.1, 0.15) is 6.33 Å². The van der Waals surface area contributed by atoms with Crippen LogP contribution in [0, 0.1) is 6.92 Å². The fraction of sp³-hybridized carbons (Fsp3) is 0.0667. The van der Waals surface area contributed by atoms with Gasteiger partial charge in [-0.05, 0) is 30.7 Å². The van der Waals surface area contributed by atoms with Gasteiger partial charge in [0, 0.05) is 17.4 Å². The van der Waals surface area contributed by atoms with Gasteiger partial charge in [0.25, 0.3) is 11.3 Å². The van der Waals surface area contributed by atoms with Crippen molar-refractivity contribution in [3.63, 3.8) is 0 Å². The summed E-state index contributed by atoms with van der Waals surface area (Å²) in [5.41, 5.74) is 2.09. The molecular formula is C15H10ClN5O. The van der Waals surface area contributed by atoms with Crippen molar-refractivity contribution in [1.82, 2.24) is 24.1 Å². The number of halogens is 1. The largest absolute Gasteiger partial charge is 0.283 e. The van der Waals surface area contributed by atoms with Crippen molar-refractivity contribution in [2.24, 2.45) is 0 Å². The molecule has 0 spiro atoms. The summed E-state index contributed by atoms with van der Waals surface area (Å²) in [6.07, 6.45) is 4.65. The van der Waals surface area contributed by atoms with Crippen molar-refractivity contribution in [3.05, 3.63) is 63.9 Å². The Morgan fingerprint density at radius 2 is 2.05 bits per heavy atom. The molecule has 0 amide bonds. The lowest BCUT2D eigenvalue weighted by molar-refractivity contribution is 0.953. The quantitative estimate of drug-likeness (QED) is 0.541. The summed E-state index contributed by atoms with van der Waals surface area (Å²) in [5.74, 6) is 0.462. The molecule has 7 heteroatoms. The standard InChI is InChI=1S/C15H10ClN5O/c1-9-11(16)3-2-4-12(9)20-6-5-13-10(14(20)22)7-17-15-18-8-19-21(13)15/h2-8H,1H3. The van der Waals surface area contributed by atoms with E-state index in [2.05, 4.69) is 15.1 Å². The third kappa shape index (κ3) is 1.74. The van der Waals surface area contributed by atoms with E-state index < -0.39 is 0 Å². The Morgan fingerprint density at radius 3 is 2.91 bits per heavy atom. The number of nitrogens with zero attached hydrogens (tertiary/aromatic N) is 5. The van der Waals surface area contributed by atoms with Crippen molar-refractivity contribution < 1.29 is 0 Å². The zero-order valence-electron chi connectivity index (χ0n) is 11.6. The second-order valence-electron chi connectivity index (χ2n) is 4.90. The van der Waals surface area contributed by atoms with Gasteiger partial charge in [0.2, 0.25) is 0 Å². The van der Waals surface area contributed by atoms with Gasteiger partial charge in [-0.25, -0.2) is 4.98 Å².